The summed E-state index contributed by atoms with van der Waals surface area (Å²) < 4.78 is 42.0. The van der Waals surface area contributed by atoms with Gasteiger partial charge in [-0.25, -0.2) is 18.0 Å². The van der Waals surface area contributed by atoms with Crippen LogP contribution < -0.4 is 0 Å². The van der Waals surface area contributed by atoms with Crippen LogP contribution in [0.2, 0.25) is 0 Å². The maximum atomic E-state index is 12.8. The Bertz CT molecular complexity index is 1030. The number of methoxy groups -OCH3 is 1. The zero-order chi connectivity index (χ0) is 22.3. The minimum atomic E-state index is -3.50. The van der Waals surface area contributed by atoms with Crippen molar-refractivity contribution in [2.45, 2.75) is 37.2 Å². The minimum absolute atomic E-state index is 0.0271. The fourth-order valence-electron chi connectivity index (χ4n) is 3.20. The summed E-state index contributed by atoms with van der Waals surface area (Å²) >= 11 is 0. The maximum absolute atomic E-state index is 12.8. The Kier molecular flexibility index (Phi) is 7.64. The van der Waals surface area contributed by atoms with Crippen LogP contribution in [0.25, 0.3) is 6.08 Å². The summed E-state index contributed by atoms with van der Waals surface area (Å²) in [5.74, 6) is -0.874. The van der Waals surface area contributed by atoms with Gasteiger partial charge in [0.05, 0.1) is 12.0 Å². The smallest absolute Gasteiger partial charge is 0.373 e. The second-order valence-electron chi connectivity index (χ2n) is 7.09. The normalized spacial score (nSPS) is 15.5. The van der Waals surface area contributed by atoms with Gasteiger partial charge in [0.15, 0.2) is 0 Å². The molecule has 166 valence electrons. The number of hydrogen-bond donors (Lipinski definition) is 0. The van der Waals surface area contributed by atoms with E-state index in [4.69, 9.17) is 9.15 Å². The van der Waals surface area contributed by atoms with Crippen molar-refractivity contribution in [3.63, 3.8) is 0 Å². The van der Waals surface area contributed by atoms with Crippen LogP contribution in [-0.2, 0) is 30.9 Å². The van der Waals surface area contributed by atoms with Gasteiger partial charge in [-0.05, 0) is 48.7 Å². The molecule has 2 heterocycles. The fraction of sp³-hybridized carbons (Fsp3) is 0.364. The number of carbonyl (C=O) groups is 2. The number of sulfonamides is 1. The molecule has 1 aromatic carbocycles. The predicted molar refractivity (Wildman–Crippen MR) is 113 cm³/mol. The molecule has 2 aromatic rings. The monoisotopic (exact) mass is 447 g/mol. The summed E-state index contributed by atoms with van der Waals surface area (Å²) in [6.07, 6.45) is 6.64. The average Bonchev–Trinajstić information content (AvgIpc) is 3.08. The van der Waals surface area contributed by atoms with Crippen molar-refractivity contribution >= 4 is 28.0 Å². The first-order chi connectivity index (χ1) is 14.9. The molecule has 8 nitrogen and oxygen atoms in total. The molecule has 0 bridgehead atoms. The van der Waals surface area contributed by atoms with E-state index in [0.717, 1.165) is 25.7 Å². The number of hydrogen-bond acceptors (Lipinski definition) is 7. The lowest BCUT2D eigenvalue weighted by atomic mass is 10.2. The van der Waals surface area contributed by atoms with Crippen LogP contribution in [0.3, 0.4) is 0 Å². The highest BCUT2D eigenvalue weighted by Crippen LogP contribution is 2.21. The number of nitrogens with zero attached hydrogens (tertiary/aromatic N) is 1. The minimum Gasteiger partial charge on any atom is -0.463 e. The second-order valence-corrected chi connectivity index (χ2v) is 9.02. The topological polar surface area (TPSA) is 103 Å². The predicted octanol–water partition coefficient (Wildman–Crippen LogP) is 3.39. The number of esters is 2. The van der Waals surface area contributed by atoms with Crippen molar-refractivity contribution in [2.75, 3.05) is 20.2 Å². The van der Waals surface area contributed by atoms with Crippen LogP contribution in [0.4, 0.5) is 0 Å². The lowest BCUT2D eigenvalue weighted by Gasteiger charge is -2.19. The van der Waals surface area contributed by atoms with E-state index in [-0.39, 0.29) is 17.3 Å². The summed E-state index contributed by atoms with van der Waals surface area (Å²) in [6.45, 7) is 0.965. The molecular weight excluding hydrogens is 422 g/mol. The molecule has 1 fully saturated rings. The highest BCUT2D eigenvalue weighted by atomic mass is 32.2. The van der Waals surface area contributed by atoms with Crippen LogP contribution in [-0.4, -0.2) is 44.9 Å². The molecule has 31 heavy (non-hydrogen) atoms. The van der Waals surface area contributed by atoms with Crippen LogP contribution in [0.5, 0.6) is 0 Å². The summed E-state index contributed by atoms with van der Waals surface area (Å²) in [5, 5.41) is 0. The van der Waals surface area contributed by atoms with E-state index in [1.807, 2.05) is 0 Å². The molecule has 0 atom stereocenters. The molecular formula is C22H25NO7S. The van der Waals surface area contributed by atoms with Gasteiger partial charge in [0.25, 0.3) is 0 Å². The first kappa shape index (κ1) is 22.8. The summed E-state index contributed by atoms with van der Waals surface area (Å²) in [5.41, 5.74) is 0.665. The fourth-order valence-corrected chi connectivity index (χ4v) is 4.72. The number of carbonyl (C=O) groups excluding carboxylic acids is 2. The van der Waals surface area contributed by atoms with Gasteiger partial charge in [0.2, 0.25) is 15.8 Å². The highest BCUT2D eigenvalue weighted by molar-refractivity contribution is 7.89. The Morgan fingerprint density at radius 3 is 2.35 bits per heavy atom. The number of benzene rings is 1. The van der Waals surface area contributed by atoms with E-state index in [1.54, 1.807) is 28.6 Å². The van der Waals surface area contributed by atoms with Gasteiger partial charge in [0.1, 0.15) is 12.4 Å². The third kappa shape index (κ3) is 6.05. The van der Waals surface area contributed by atoms with Gasteiger partial charge in [-0.2, -0.15) is 4.31 Å². The molecule has 1 saturated heterocycles. The van der Waals surface area contributed by atoms with Gasteiger partial charge in [0, 0.05) is 19.2 Å². The molecule has 9 heteroatoms. The van der Waals surface area contributed by atoms with Crippen molar-refractivity contribution < 1.29 is 31.9 Å². The molecule has 0 aliphatic carbocycles. The van der Waals surface area contributed by atoms with Crippen LogP contribution in [0, 0.1) is 0 Å². The first-order valence-electron chi connectivity index (χ1n) is 10.0. The molecule has 3 rings (SSSR count). The summed E-state index contributed by atoms with van der Waals surface area (Å²) in [7, 11) is -2.26. The Labute approximate surface area is 181 Å². The third-order valence-corrected chi connectivity index (χ3v) is 6.81. The molecule has 0 spiro atoms. The summed E-state index contributed by atoms with van der Waals surface area (Å²) in [6, 6.07) is 9.33. The van der Waals surface area contributed by atoms with Gasteiger partial charge >= 0.3 is 11.9 Å². The van der Waals surface area contributed by atoms with Crippen molar-refractivity contribution in [1.29, 1.82) is 0 Å². The lowest BCUT2D eigenvalue weighted by Crippen LogP contribution is -2.31. The molecule has 0 N–H and O–H groups in total. The van der Waals surface area contributed by atoms with Gasteiger partial charge in [-0.1, -0.05) is 25.0 Å². The number of ether oxygens (including phenoxy) is 2. The van der Waals surface area contributed by atoms with E-state index in [0.29, 0.717) is 24.4 Å². The van der Waals surface area contributed by atoms with Crippen molar-refractivity contribution in [1.82, 2.24) is 4.31 Å². The third-order valence-electron chi connectivity index (χ3n) is 4.90. The Balaban J connectivity index is 1.55. The van der Waals surface area contributed by atoms with Gasteiger partial charge in [-0.15, -0.1) is 0 Å². The second kappa shape index (κ2) is 10.4. The van der Waals surface area contributed by atoms with E-state index in [2.05, 4.69) is 4.74 Å². The van der Waals surface area contributed by atoms with Crippen molar-refractivity contribution in [3.05, 3.63) is 59.6 Å². The highest BCUT2D eigenvalue weighted by Gasteiger charge is 2.24. The van der Waals surface area contributed by atoms with E-state index in [1.165, 1.54) is 31.4 Å². The lowest BCUT2D eigenvalue weighted by molar-refractivity contribution is -0.139. The largest absolute Gasteiger partial charge is 0.463 e. The molecule has 0 unspecified atom stereocenters. The first-order valence-corrected chi connectivity index (χ1v) is 11.5. The Morgan fingerprint density at radius 1 is 1.03 bits per heavy atom. The standard InChI is InChI=1S/C22H25NO7S/c1-28-22(25)20-12-9-18(30-20)16-29-21(24)13-8-17-6-10-19(11-7-17)31(26,27)23-14-4-2-3-5-15-23/h6-13H,2-5,14-16H2,1H3/b13-8+. The zero-order valence-corrected chi connectivity index (χ0v) is 18.1. The molecule has 1 aliphatic heterocycles. The quantitative estimate of drug-likeness (QED) is 0.473. The molecule has 1 aromatic heterocycles. The average molecular weight is 448 g/mol. The Morgan fingerprint density at radius 2 is 1.71 bits per heavy atom. The van der Waals surface area contributed by atoms with Crippen LogP contribution >= 0.6 is 0 Å². The van der Waals surface area contributed by atoms with E-state index >= 15 is 0 Å². The van der Waals surface area contributed by atoms with Crippen LogP contribution in [0.1, 0.15) is 47.6 Å². The van der Waals surface area contributed by atoms with E-state index < -0.39 is 22.0 Å². The maximum Gasteiger partial charge on any atom is 0.373 e. The zero-order valence-electron chi connectivity index (χ0n) is 17.3. The summed E-state index contributed by atoms with van der Waals surface area (Å²) in [4.78, 5) is 23.5. The van der Waals surface area contributed by atoms with Gasteiger partial charge < -0.3 is 13.9 Å². The van der Waals surface area contributed by atoms with Crippen LogP contribution in [0.15, 0.2) is 51.8 Å². The molecule has 0 amide bonds. The molecule has 0 saturated carbocycles. The number of rotatable bonds is 7. The molecule has 1 aliphatic rings. The van der Waals surface area contributed by atoms with Crippen molar-refractivity contribution in [3.8, 4) is 0 Å². The Hall–Kier alpha value is -2.91. The van der Waals surface area contributed by atoms with Gasteiger partial charge in [-0.3, -0.25) is 0 Å². The van der Waals surface area contributed by atoms with E-state index in [9.17, 15) is 18.0 Å². The number of furan rings is 1. The SMILES string of the molecule is COC(=O)c1ccc(COC(=O)/C=C/c2ccc(S(=O)(=O)N3CCCCCC3)cc2)o1. The van der Waals surface area contributed by atoms with Crippen molar-refractivity contribution in [2.24, 2.45) is 0 Å². The molecule has 0 radical (unpaired) electrons.